The normalized spacial score (nSPS) is 25.3. The zero-order chi connectivity index (χ0) is 14.4. The van der Waals surface area contributed by atoms with Crippen molar-refractivity contribution in [3.63, 3.8) is 0 Å². The molecule has 4 rings (SSSR count). The molecule has 7 nitrogen and oxygen atoms in total. The van der Waals surface area contributed by atoms with E-state index in [1.54, 1.807) is 6.07 Å². The van der Waals surface area contributed by atoms with E-state index in [0.717, 1.165) is 18.5 Å². The maximum Gasteiger partial charge on any atom is 0.271 e. The van der Waals surface area contributed by atoms with Crippen molar-refractivity contribution < 1.29 is 9.66 Å². The maximum absolute atomic E-state index is 10.8. The molecule has 0 bridgehead atoms. The molecule has 7 heteroatoms. The van der Waals surface area contributed by atoms with Gasteiger partial charge in [0, 0.05) is 18.7 Å². The lowest BCUT2D eigenvalue weighted by Crippen LogP contribution is -2.31. The number of nitrogens with zero attached hydrogens (tertiary/aromatic N) is 2. The zero-order valence-electron chi connectivity index (χ0n) is 11.4. The fourth-order valence-electron chi connectivity index (χ4n) is 3.01. The third kappa shape index (κ3) is 2.33. The summed E-state index contributed by atoms with van der Waals surface area (Å²) in [6, 6.07) is 4.92. The summed E-state index contributed by atoms with van der Waals surface area (Å²) in [5.74, 6) is 1.34. The van der Waals surface area contributed by atoms with Crippen LogP contribution in [0.1, 0.15) is 19.3 Å². The topological polar surface area (TPSA) is 93.1 Å². The number of fused-ring (bicyclic) bond motifs is 1. The first-order valence-corrected chi connectivity index (χ1v) is 7.23. The monoisotopic (exact) mass is 288 g/mol. The number of aromatic nitrogens is 2. The van der Waals surface area contributed by atoms with E-state index in [1.807, 2.05) is 0 Å². The minimum absolute atomic E-state index is 0.0674. The average molecular weight is 288 g/mol. The zero-order valence-corrected chi connectivity index (χ0v) is 11.4. The molecule has 1 aliphatic carbocycles. The summed E-state index contributed by atoms with van der Waals surface area (Å²) < 4.78 is 5.79. The van der Waals surface area contributed by atoms with Gasteiger partial charge < -0.3 is 15.0 Å². The molecule has 110 valence electrons. The summed E-state index contributed by atoms with van der Waals surface area (Å²) in [5.41, 5.74) is 1.47. The van der Waals surface area contributed by atoms with Gasteiger partial charge in [0.25, 0.3) is 5.69 Å². The van der Waals surface area contributed by atoms with Crippen LogP contribution in [0, 0.1) is 16.0 Å². The van der Waals surface area contributed by atoms with Crippen LogP contribution in [0.25, 0.3) is 11.0 Å². The number of hydrogen-bond acceptors (Lipinski definition) is 5. The molecule has 21 heavy (non-hydrogen) atoms. The number of H-pyrrole nitrogens is 1. The molecule has 2 atom stereocenters. The Morgan fingerprint density at radius 1 is 1.38 bits per heavy atom. The Morgan fingerprint density at radius 2 is 2.24 bits per heavy atom. The van der Waals surface area contributed by atoms with Crippen LogP contribution in [0.15, 0.2) is 18.2 Å². The van der Waals surface area contributed by atoms with Gasteiger partial charge in [0.05, 0.1) is 28.1 Å². The number of benzene rings is 1. The summed E-state index contributed by atoms with van der Waals surface area (Å²) in [7, 11) is 0. The fraction of sp³-hybridized carbons (Fsp3) is 0.500. The van der Waals surface area contributed by atoms with Gasteiger partial charge in [0.1, 0.15) is 0 Å². The Hall–Kier alpha value is -2.15. The molecule has 1 saturated carbocycles. The van der Waals surface area contributed by atoms with Crippen LogP contribution in [0.3, 0.4) is 0 Å². The molecule has 1 aromatic heterocycles. The van der Waals surface area contributed by atoms with Gasteiger partial charge in [-0.1, -0.05) is 0 Å². The van der Waals surface area contributed by atoms with Crippen LogP contribution in [0.5, 0.6) is 0 Å². The quantitative estimate of drug-likeness (QED) is 0.666. The van der Waals surface area contributed by atoms with E-state index in [9.17, 15) is 10.1 Å². The van der Waals surface area contributed by atoms with Crippen molar-refractivity contribution in [2.45, 2.75) is 31.4 Å². The van der Waals surface area contributed by atoms with Crippen molar-refractivity contribution in [2.75, 3.05) is 11.9 Å². The first kappa shape index (κ1) is 12.6. The number of ether oxygens (including phenoxy) is 1. The van der Waals surface area contributed by atoms with Crippen LogP contribution in [0.4, 0.5) is 11.6 Å². The van der Waals surface area contributed by atoms with Crippen molar-refractivity contribution in [1.82, 2.24) is 9.97 Å². The lowest BCUT2D eigenvalue weighted by molar-refractivity contribution is -0.384. The lowest BCUT2D eigenvalue weighted by Gasteiger charge is -2.18. The minimum atomic E-state index is -0.401. The van der Waals surface area contributed by atoms with Crippen LogP contribution in [-0.2, 0) is 4.74 Å². The Morgan fingerprint density at radius 3 is 3.00 bits per heavy atom. The summed E-state index contributed by atoms with van der Waals surface area (Å²) in [5, 5.41) is 14.2. The third-order valence-corrected chi connectivity index (χ3v) is 4.22. The molecule has 1 aliphatic heterocycles. The van der Waals surface area contributed by atoms with E-state index in [0.29, 0.717) is 17.4 Å². The molecule has 0 radical (unpaired) electrons. The van der Waals surface area contributed by atoms with Crippen molar-refractivity contribution >= 4 is 22.7 Å². The van der Waals surface area contributed by atoms with Gasteiger partial charge in [0.2, 0.25) is 5.95 Å². The van der Waals surface area contributed by atoms with Crippen molar-refractivity contribution in [2.24, 2.45) is 5.92 Å². The van der Waals surface area contributed by atoms with Crippen LogP contribution < -0.4 is 5.32 Å². The number of nitrogens with one attached hydrogen (secondary N) is 2. The molecule has 1 aromatic carbocycles. The Labute approximate surface area is 120 Å². The maximum atomic E-state index is 10.8. The number of nitro benzene ring substituents is 1. The van der Waals surface area contributed by atoms with Gasteiger partial charge in [-0.15, -0.1) is 0 Å². The smallest absolute Gasteiger partial charge is 0.271 e. The molecule has 2 unspecified atom stereocenters. The van der Waals surface area contributed by atoms with E-state index in [2.05, 4.69) is 15.3 Å². The molecule has 2 N–H and O–H groups in total. The second-order valence-electron chi connectivity index (χ2n) is 5.76. The second kappa shape index (κ2) is 4.70. The Kier molecular flexibility index (Phi) is 2.81. The molecule has 2 heterocycles. The molecule has 2 aliphatic rings. The molecular formula is C14H16N4O3. The largest absolute Gasteiger partial charge is 0.376 e. The number of non-ortho nitro benzene ring substituents is 1. The summed E-state index contributed by atoms with van der Waals surface area (Å²) in [6.45, 7) is 0.782. The van der Waals surface area contributed by atoms with Crippen LogP contribution in [-0.4, -0.2) is 33.6 Å². The van der Waals surface area contributed by atoms with Crippen LogP contribution in [0.2, 0.25) is 0 Å². The lowest BCUT2D eigenvalue weighted by atomic mass is 10.1. The molecule has 1 saturated heterocycles. The van der Waals surface area contributed by atoms with E-state index >= 15 is 0 Å². The average Bonchev–Trinajstić information content (AvgIpc) is 3.07. The highest BCUT2D eigenvalue weighted by Gasteiger charge is 2.40. The fourth-order valence-corrected chi connectivity index (χ4v) is 3.01. The van der Waals surface area contributed by atoms with E-state index < -0.39 is 4.92 Å². The van der Waals surface area contributed by atoms with Gasteiger partial charge in [-0.05, 0) is 31.2 Å². The first-order chi connectivity index (χ1) is 10.2. The van der Waals surface area contributed by atoms with Gasteiger partial charge in [-0.2, -0.15) is 0 Å². The molecule has 2 fully saturated rings. The highest BCUT2D eigenvalue weighted by atomic mass is 16.6. The SMILES string of the molecule is O=[N+]([O-])c1ccc2nc(NC3CCOC3C3CC3)[nH]c2c1. The predicted octanol–water partition coefficient (Wildman–Crippen LogP) is 2.45. The van der Waals surface area contributed by atoms with Crippen LogP contribution >= 0.6 is 0 Å². The number of rotatable bonds is 4. The van der Waals surface area contributed by atoms with E-state index in [1.165, 1.54) is 25.0 Å². The van der Waals surface area contributed by atoms with Gasteiger partial charge in [-0.3, -0.25) is 10.1 Å². The summed E-state index contributed by atoms with van der Waals surface area (Å²) in [4.78, 5) is 18.0. The molecule has 0 spiro atoms. The summed E-state index contributed by atoms with van der Waals surface area (Å²) in [6.07, 6.45) is 3.73. The predicted molar refractivity (Wildman–Crippen MR) is 77.2 cm³/mol. The van der Waals surface area contributed by atoms with E-state index in [4.69, 9.17) is 4.74 Å². The standard InChI is InChI=1S/C14H16N4O3/c19-18(20)9-3-4-10-12(7-9)17-14(15-10)16-11-5-6-21-13(11)8-1-2-8/h3-4,7-8,11,13H,1-2,5-6H2,(H2,15,16,17). The van der Waals surface area contributed by atoms with E-state index in [-0.39, 0.29) is 17.8 Å². The van der Waals surface area contributed by atoms with Gasteiger partial charge >= 0.3 is 0 Å². The van der Waals surface area contributed by atoms with Crippen molar-refractivity contribution in [3.05, 3.63) is 28.3 Å². The molecular weight excluding hydrogens is 272 g/mol. The summed E-state index contributed by atoms with van der Waals surface area (Å²) >= 11 is 0. The number of anilines is 1. The van der Waals surface area contributed by atoms with Gasteiger partial charge in [-0.25, -0.2) is 4.98 Å². The Balaban J connectivity index is 1.57. The molecule has 0 amide bonds. The highest BCUT2D eigenvalue weighted by Crippen LogP contribution is 2.39. The minimum Gasteiger partial charge on any atom is -0.376 e. The highest BCUT2D eigenvalue weighted by molar-refractivity contribution is 5.79. The number of hydrogen-bond donors (Lipinski definition) is 2. The first-order valence-electron chi connectivity index (χ1n) is 7.23. The van der Waals surface area contributed by atoms with Crippen molar-refractivity contribution in [3.8, 4) is 0 Å². The van der Waals surface area contributed by atoms with Crippen molar-refractivity contribution in [1.29, 1.82) is 0 Å². The number of imidazole rings is 1. The third-order valence-electron chi connectivity index (χ3n) is 4.22. The molecule has 2 aromatic rings. The Bertz CT molecular complexity index is 695. The van der Waals surface area contributed by atoms with Gasteiger partial charge in [0.15, 0.2) is 0 Å². The number of aromatic amines is 1. The second-order valence-corrected chi connectivity index (χ2v) is 5.76. The number of nitro groups is 1.